The molecule has 31 heavy (non-hydrogen) atoms. The van der Waals surface area contributed by atoms with Gasteiger partial charge in [-0.1, -0.05) is 23.7 Å². The van der Waals surface area contributed by atoms with E-state index in [9.17, 15) is 14.3 Å². The number of benzene rings is 3. The second-order valence-electron chi connectivity index (χ2n) is 7.02. The lowest BCUT2D eigenvalue weighted by molar-refractivity contribution is 0.415. The number of fused-ring (bicyclic) bond motifs is 2. The van der Waals surface area contributed by atoms with Gasteiger partial charge in [-0.05, 0) is 54.1 Å². The fourth-order valence-electron chi connectivity index (χ4n) is 3.78. The molecule has 0 amide bonds. The molecule has 2 heterocycles. The number of H-pyrrole nitrogens is 1. The van der Waals surface area contributed by atoms with Crippen molar-refractivity contribution in [3.05, 3.63) is 81.9 Å². The average Bonchev–Trinajstić information content (AvgIpc) is 3.12. The zero-order chi connectivity index (χ0) is 21.7. The van der Waals surface area contributed by atoms with Gasteiger partial charge in [-0.25, -0.2) is 9.18 Å². The van der Waals surface area contributed by atoms with Gasteiger partial charge in [-0.15, -0.1) is 0 Å². The summed E-state index contributed by atoms with van der Waals surface area (Å²) in [5.41, 5.74) is 1.52. The van der Waals surface area contributed by atoms with Gasteiger partial charge >= 0.3 is 5.63 Å². The molecule has 2 aromatic heterocycles. The number of hydrogen-bond acceptors (Lipinski definition) is 4. The standard InChI is InChI=1S/C24H15ClFNO4/c1-30-13-8-6-12(7-9-13)22-20(15-10-17(26)16(25)11-18(15)27-22)21-23(28)14-4-2-3-5-19(14)31-24(21)29/h2-11,27-28H,1H3. The minimum absolute atomic E-state index is 0.0579. The predicted molar refractivity (Wildman–Crippen MR) is 118 cm³/mol. The second kappa shape index (κ2) is 7.18. The van der Waals surface area contributed by atoms with Crippen LogP contribution in [0.3, 0.4) is 0 Å². The monoisotopic (exact) mass is 435 g/mol. The molecule has 0 saturated carbocycles. The van der Waals surface area contributed by atoms with Crippen molar-refractivity contribution in [1.82, 2.24) is 4.98 Å². The van der Waals surface area contributed by atoms with E-state index in [-0.39, 0.29) is 21.9 Å². The topological polar surface area (TPSA) is 75.5 Å². The highest BCUT2D eigenvalue weighted by molar-refractivity contribution is 6.31. The number of aromatic amines is 1. The van der Waals surface area contributed by atoms with E-state index in [1.165, 1.54) is 12.1 Å². The van der Waals surface area contributed by atoms with Crippen molar-refractivity contribution in [2.45, 2.75) is 0 Å². The Balaban J connectivity index is 1.91. The first-order chi connectivity index (χ1) is 15.0. The first-order valence-electron chi connectivity index (χ1n) is 9.38. The van der Waals surface area contributed by atoms with E-state index in [1.54, 1.807) is 55.6 Å². The lowest BCUT2D eigenvalue weighted by atomic mass is 9.97. The zero-order valence-electron chi connectivity index (χ0n) is 16.2. The van der Waals surface area contributed by atoms with Crippen LogP contribution < -0.4 is 10.4 Å². The Morgan fingerprint density at radius 1 is 1.03 bits per heavy atom. The normalized spacial score (nSPS) is 11.3. The molecule has 0 aliphatic rings. The lowest BCUT2D eigenvalue weighted by Gasteiger charge is -2.09. The Morgan fingerprint density at radius 3 is 2.52 bits per heavy atom. The predicted octanol–water partition coefficient (Wildman–Crippen LogP) is 6.12. The minimum Gasteiger partial charge on any atom is -0.506 e. The Labute approximate surface area is 180 Å². The number of ether oxygens (including phenoxy) is 1. The van der Waals surface area contributed by atoms with Crippen molar-refractivity contribution >= 4 is 33.5 Å². The van der Waals surface area contributed by atoms with Crippen molar-refractivity contribution in [1.29, 1.82) is 0 Å². The number of aromatic nitrogens is 1. The quantitative estimate of drug-likeness (QED) is 0.335. The van der Waals surface area contributed by atoms with Crippen LogP contribution in [0.4, 0.5) is 4.39 Å². The number of rotatable bonds is 3. The summed E-state index contributed by atoms with van der Waals surface area (Å²) in [6, 6.07) is 16.5. The van der Waals surface area contributed by atoms with Gasteiger partial charge in [0.1, 0.15) is 28.5 Å². The number of methoxy groups -OCH3 is 1. The van der Waals surface area contributed by atoms with Gasteiger partial charge in [-0.3, -0.25) is 0 Å². The molecule has 5 aromatic rings. The summed E-state index contributed by atoms with van der Waals surface area (Å²) >= 11 is 5.98. The van der Waals surface area contributed by atoms with Gasteiger partial charge in [0, 0.05) is 16.5 Å². The van der Waals surface area contributed by atoms with Crippen molar-refractivity contribution in [2.24, 2.45) is 0 Å². The third kappa shape index (κ3) is 3.04. The van der Waals surface area contributed by atoms with Crippen LogP contribution >= 0.6 is 11.6 Å². The number of aromatic hydroxyl groups is 1. The summed E-state index contributed by atoms with van der Waals surface area (Å²) in [4.78, 5) is 16.2. The van der Waals surface area contributed by atoms with Crippen molar-refractivity contribution in [3.63, 3.8) is 0 Å². The van der Waals surface area contributed by atoms with Gasteiger partial charge < -0.3 is 19.2 Å². The second-order valence-corrected chi connectivity index (χ2v) is 7.43. The molecule has 0 fully saturated rings. The van der Waals surface area contributed by atoms with Gasteiger partial charge in [0.15, 0.2) is 0 Å². The van der Waals surface area contributed by atoms with Crippen LogP contribution in [0.5, 0.6) is 11.5 Å². The maximum atomic E-state index is 14.4. The van der Waals surface area contributed by atoms with Gasteiger partial charge in [0.05, 0.1) is 23.2 Å². The molecule has 5 nitrogen and oxygen atoms in total. The summed E-state index contributed by atoms with van der Waals surface area (Å²) in [6.45, 7) is 0. The number of halogens is 2. The van der Waals surface area contributed by atoms with Crippen molar-refractivity contribution in [3.8, 4) is 33.9 Å². The highest BCUT2D eigenvalue weighted by Crippen LogP contribution is 2.43. The molecule has 0 unspecified atom stereocenters. The molecule has 5 rings (SSSR count). The molecule has 0 aliphatic heterocycles. The van der Waals surface area contributed by atoms with Gasteiger partial charge in [-0.2, -0.15) is 0 Å². The fourth-order valence-corrected chi connectivity index (χ4v) is 3.94. The molecule has 0 atom stereocenters. The third-order valence-electron chi connectivity index (χ3n) is 5.25. The smallest absolute Gasteiger partial charge is 0.348 e. The van der Waals surface area contributed by atoms with Crippen LogP contribution in [0.15, 0.2) is 69.9 Å². The molecule has 0 bridgehead atoms. The van der Waals surface area contributed by atoms with Crippen molar-refractivity contribution in [2.75, 3.05) is 7.11 Å². The maximum Gasteiger partial charge on any atom is 0.348 e. The van der Waals surface area contributed by atoms with Crippen LogP contribution in [-0.2, 0) is 0 Å². The van der Waals surface area contributed by atoms with Crippen molar-refractivity contribution < 1.29 is 18.7 Å². The molecule has 7 heteroatoms. The summed E-state index contributed by atoms with van der Waals surface area (Å²) in [5.74, 6) is -0.221. The Morgan fingerprint density at radius 2 is 1.77 bits per heavy atom. The number of para-hydroxylation sites is 1. The Kier molecular flexibility index (Phi) is 4.45. The van der Waals surface area contributed by atoms with E-state index in [0.717, 1.165) is 0 Å². The van der Waals surface area contributed by atoms with E-state index in [4.69, 9.17) is 20.8 Å². The van der Waals surface area contributed by atoms with Crippen LogP contribution in [0.25, 0.3) is 44.3 Å². The molecule has 3 aromatic carbocycles. The van der Waals surface area contributed by atoms with Gasteiger partial charge in [0.25, 0.3) is 0 Å². The molecule has 0 aliphatic carbocycles. The fraction of sp³-hybridized carbons (Fsp3) is 0.0417. The molecular formula is C24H15ClFNO4. The van der Waals surface area contributed by atoms with E-state index >= 15 is 0 Å². The highest BCUT2D eigenvalue weighted by Gasteiger charge is 2.24. The molecule has 0 saturated heterocycles. The summed E-state index contributed by atoms with van der Waals surface area (Å²) in [7, 11) is 1.56. The Bertz CT molecular complexity index is 1520. The first-order valence-corrected chi connectivity index (χ1v) is 9.76. The minimum atomic E-state index is -0.734. The van der Waals surface area contributed by atoms with E-state index < -0.39 is 11.4 Å². The molecule has 154 valence electrons. The van der Waals surface area contributed by atoms with E-state index in [0.29, 0.717) is 38.9 Å². The van der Waals surface area contributed by atoms with Gasteiger partial charge in [0.2, 0.25) is 0 Å². The summed E-state index contributed by atoms with van der Waals surface area (Å²) < 4.78 is 25.1. The highest BCUT2D eigenvalue weighted by atomic mass is 35.5. The van der Waals surface area contributed by atoms with Crippen LogP contribution in [-0.4, -0.2) is 17.2 Å². The Hall–Kier alpha value is -3.77. The molecular weight excluding hydrogens is 421 g/mol. The summed E-state index contributed by atoms with van der Waals surface area (Å²) in [5, 5.41) is 11.7. The molecule has 0 radical (unpaired) electrons. The first kappa shape index (κ1) is 19.2. The molecule has 2 N–H and O–H groups in total. The van der Waals surface area contributed by atoms with Crippen LogP contribution in [0.1, 0.15) is 0 Å². The van der Waals surface area contributed by atoms with Crippen LogP contribution in [0.2, 0.25) is 5.02 Å². The number of nitrogens with one attached hydrogen (secondary N) is 1. The van der Waals surface area contributed by atoms with E-state index in [2.05, 4.69) is 4.98 Å². The SMILES string of the molecule is COc1ccc(-c2[nH]c3cc(Cl)c(F)cc3c2-c2c(O)c3ccccc3oc2=O)cc1. The van der Waals surface area contributed by atoms with Crippen LogP contribution in [0, 0.1) is 5.82 Å². The lowest BCUT2D eigenvalue weighted by Crippen LogP contribution is -2.04. The largest absolute Gasteiger partial charge is 0.506 e. The maximum absolute atomic E-state index is 14.4. The van der Waals surface area contributed by atoms with E-state index in [1.807, 2.05) is 0 Å². The average molecular weight is 436 g/mol. The summed E-state index contributed by atoms with van der Waals surface area (Å²) in [6.07, 6.45) is 0. The third-order valence-corrected chi connectivity index (χ3v) is 5.54. The number of hydrogen-bond donors (Lipinski definition) is 2. The molecule has 0 spiro atoms. The zero-order valence-corrected chi connectivity index (χ0v) is 17.0.